The van der Waals surface area contributed by atoms with E-state index in [0.717, 1.165) is 11.0 Å². The van der Waals surface area contributed by atoms with E-state index in [1.54, 1.807) is 6.20 Å². The molecule has 0 aromatic carbocycles. The molecule has 0 saturated carbocycles. The van der Waals surface area contributed by atoms with Gasteiger partial charge in [0.05, 0.1) is 9.09 Å². The van der Waals surface area contributed by atoms with Crippen LogP contribution in [0.2, 0.25) is 0 Å². The van der Waals surface area contributed by atoms with Crippen LogP contribution in [-0.4, -0.2) is 9.97 Å². The number of nitrogens with one attached hydrogen (secondary N) is 1. The lowest BCUT2D eigenvalue weighted by Crippen LogP contribution is -1.72. The highest BCUT2D eigenvalue weighted by molar-refractivity contribution is 14.1. The van der Waals surface area contributed by atoms with Gasteiger partial charge in [-0.1, -0.05) is 20.3 Å². The largest absolute Gasteiger partial charge is 0.359 e. The average molecular weight is 290 g/mol. The van der Waals surface area contributed by atoms with Crippen molar-refractivity contribution in [3.63, 3.8) is 0 Å². The lowest BCUT2D eigenvalue weighted by atomic mass is 10.4. The van der Waals surface area contributed by atoms with Crippen molar-refractivity contribution >= 4 is 33.6 Å². The van der Waals surface area contributed by atoms with Gasteiger partial charge < -0.3 is 4.98 Å². The molecule has 2 nitrogen and oxygen atoms in total. The number of aromatic amines is 1. The number of H-pyrrole nitrogens is 1. The van der Waals surface area contributed by atoms with Crippen LogP contribution in [-0.2, 0) is 0 Å². The fraction of sp³-hybridized carbons (Fsp3) is 0.300. The Hall–Kier alpha value is -0.580. The maximum Gasteiger partial charge on any atom is 0.101 e. The maximum atomic E-state index is 4.20. The molecule has 0 unspecified atom stereocenters. The van der Waals surface area contributed by atoms with E-state index in [4.69, 9.17) is 0 Å². The van der Waals surface area contributed by atoms with Crippen molar-refractivity contribution in [1.82, 2.24) is 9.97 Å². The Labute approximate surface area is 93.4 Å². The Balaban J connectivity index is 0.000000381. The Kier molecular flexibility index (Phi) is 4.21. The summed E-state index contributed by atoms with van der Waals surface area (Å²) in [6, 6.07) is 3.94. The summed E-state index contributed by atoms with van der Waals surface area (Å²) in [7, 11) is 0. The van der Waals surface area contributed by atoms with Crippen LogP contribution >= 0.6 is 22.6 Å². The van der Waals surface area contributed by atoms with Crippen LogP contribution in [0.1, 0.15) is 21.7 Å². The van der Waals surface area contributed by atoms with E-state index in [2.05, 4.69) is 46.4 Å². The van der Waals surface area contributed by atoms with Crippen molar-refractivity contribution in [3.8, 4) is 0 Å². The second-order valence-electron chi connectivity index (χ2n) is 2.74. The summed E-state index contributed by atoms with van der Waals surface area (Å²) < 4.78 is 1.17. The van der Waals surface area contributed by atoms with Crippen LogP contribution in [0.4, 0.5) is 0 Å². The predicted octanol–water partition coefficient (Wildman–Crippen LogP) is 3.83. The molecule has 0 bridgehead atoms. The molecule has 2 heterocycles. The molecule has 0 spiro atoms. The first-order valence-corrected chi connectivity index (χ1v) is 5.45. The van der Waals surface area contributed by atoms with Gasteiger partial charge in [-0.2, -0.15) is 0 Å². The van der Waals surface area contributed by atoms with Crippen molar-refractivity contribution in [2.75, 3.05) is 0 Å². The maximum absolute atomic E-state index is 4.20. The molecular formula is C10H15IN2. The van der Waals surface area contributed by atoms with Crippen molar-refractivity contribution in [2.45, 2.75) is 20.3 Å². The quantitative estimate of drug-likeness (QED) is 0.734. The molecule has 0 amide bonds. The number of nitrogens with zero attached hydrogens (tertiary/aromatic N) is 1. The van der Waals surface area contributed by atoms with Gasteiger partial charge >= 0.3 is 0 Å². The molecule has 72 valence electrons. The fourth-order valence-corrected chi connectivity index (χ4v) is 1.51. The number of aromatic nitrogens is 2. The summed E-state index contributed by atoms with van der Waals surface area (Å²) in [5.41, 5.74) is 2.16. The van der Waals surface area contributed by atoms with Crippen LogP contribution in [0.25, 0.3) is 11.0 Å². The number of rotatable bonds is 0. The highest BCUT2D eigenvalue weighted by Crippen LogP contribution is 2.15. The molecule has 2 aromatic heterocycles. The molecule has 0 saturated heterocycles. The predicted molar refractivity (Wildman–Crippen MR) is 66.9 cm³/mol. The van der Waals surface area contributed by atoms with Crippen LogP contribution in [0, 0.1) is 3.57 Å². The van der Waals surface area contributed by atoms with Gasteiger partial charge in [0.2, 0.25) is 0 Å². The normalized spacial score (nSPS) is 9.46. The molecule has 1 N–H and O–H groups in total. The summed E-state index contributed by atoms with van der Waals surface area (Å²) >= 11 is 2.26. The molecule has 0 aliphatic carbocycles. The Morgan fingerprint density at radius 3 is 2.85 bits per heavy atom. The first-order valence-electron chi connectivity index (χ1n) is 4.37. The number of pyridine rings is 1. The minimum absolute atomic E-state index is 0. The van der Waals surface area contributed by atoms with Crippen LogP contribution in [0.3, 0.4) is 0 Å². The minimum Gasteiger partial charge on any atom is -0.359 e. The SMILES string of the molecule is CCC.Ic1c[nH]c2cccnc12.[HH]. The van der Waals surface area contributed by atoms with E-state index >= 15 is 0 Å². The molecule has 13 heavy (non-hydrogen) atoms. The summed E-state index contributed by atoms with van der Waals surface area (Å²) in [6.45, 7) is 4.25. The van der Waals surface area contributed by atoms with Crippen molar-refractivity contribution in [2.24, 2.45) is 0 Å². The van der Waals surface area contributed by atoms with Gasteiger partial charge in [-0.25, -0.2) is 0 Å². The second kappa shape index (κ2) is 5.21. The van der Waals surface area contributed by atoms with Gasteiger partial charge in [-0.15, -0.1) is 0 Å². The molecule has 0 aliphatic rings. The minimum atomic E-state index is 0. The lowest BCUT2D eigenvalue weighted by molar-refractivity contribution is 1.09. The molecular weight excluding hydrogens is 275 g/mol. The summed E-state index contributed by atoms with van der Waals surface area (Å²) in [5, 5.41) is 0. The smallest absolute Gasteiger partial charge is 0.101 e. The van der Waals surface area contributed by atoms with Crippen molar-refractivity contribution in [1.29, 1.82) is 0 Å². The van der Waals surface area contributed by atoms with E-state index in [1.807, 2.05) is 18.3 Å². The molecule has 3 heteroatoms. The monoisotopic (exact) mass is 290 g/mol. The third kappa shape index (κ3) is 2.69. The third-order valence-corrected chi connectivity index (χ3v) is 2.21. The Morgan fingerprint density at radius 2 is 2.23 bits per heavy atom. The number of fused-ring (bicyclic) bond motifs is 1. The summed E-state index contributed by atoms with van der Waals surface area (Å²) in [5.74, 6) is 0. The molecule has 2 rings (SSSR count). The Morgan fingerprint density at radius 1 is 1.54 bits per heavy atom. The zero-order valence-corrected chi connectivity index (χ0v) is 10.00. The highest BCUT2D eigenvalue weighted by atomic mass is 127. The first kappa shape index (κ1) is 10.5. The van der Waals surface area contributed by atoms with Gasteiger partial charge in [-0.05, 0) is 34.7 Å². The fourth-order valence-electron chi connectivity index (χ4n) is 0.922. The van der Waals surface area contributed by atoms with Crippen LogP contribution in [0.5, 0.6) is 0 Å². The average Bonchev–Trinajstić information content (AvgIpc) is 2.50. The topological polar surface area (TPSA) is 28.7 Å². The number of halogens is 1. The van der Waals surface area contributed by atoms with Gasteiger partial charge in [0, 0.05) is 13.8 Å². The van der Waals surface area contributed by atoms with Crippen molar-refractivity contribution in [3.05, 3.63) is 28.1 Å². The van der Waals surface area contributed by atoms with Gasteiger partial charge in [-0.3, -0.25) is 4.98 Å². The van der Waals surface area contributed by atoms with E-state index < -0.39 is 0 Å². The molecule has 0 atom stereocenters. The third-order valence-electron chi connectivity index (χ3n) is 1.39. The molecule has 0 fully saturated rings. The van der Waals surface area contributed by atoms with E-state index in [-0.39, 0.29) is 1.43 Å². The zero-order valence-electron chi connectivity index (χ0n) is 7.84. The molecule has 2 aromatic rings. The van der Waals surface area contributed by atoms with Gasteiger partial charge in [0.1, 0.15) is 5.52 Å². The van der Waals surface area contributed by atoms with Crippen LogP contribution < -0.4 is 0 Å². The summed E-state index contributed by atoms with van der Waals surface area (Å²) in [4.78, 5) is 7.32. The molecule has 0 aliphatic heterocycles. The number of hydrogen-bond acceptors (Lipinski definition) is 1. The standard InChI is InChI=1S/C7H5IN2.C3H8.H2/c8-5-4-10-6-2-1-3-9-7(5)6;1-3-2;/h1-4,10H;3H2,1-2H3;1H. The van der Waals surface area contributed by atoms with Crippen LogP contribution in [0.15, 0.2) is 24.5 Å². The number of hydrogen-bond donors (Lipinski definition) is 1. The summed E-state index contributed by atoms with van der Waals surface area (Å²) in [6.07, 6.45) is 5.01. The van der Waals surface area contributed by atoms with E-state index in [1.165, 1.54) is 9.99 Å². The van der Waals surface area contributed by atoms with Gasteiger partial charge in [0.15, 0.2) is 0 Å². The van der Waals surface area contributed by atoms with Gasteiger partial charge in [0.25, 0.3) is 0 Å². The van der Waals surface area contributed by atoms with Crippen molar-refractivity contribution < 1.29 is 1.43 Å². The lowest BCUT2D eigenvalue weighted by Gasteiger charge is -1.85. The zero-order chi connectivity index (χ0) is 9.68. The van der Waals surface area contributed by atoms with E-state index in [0.29, 0.717) is 0 Å². The highest BCUT2D eigenvalue weighted by Gasteiger charge is 1.97. The second-order valence-corrected chi connectivity index (χ2v) is 3.91. The molecule has 0 radical (unpaired) electrons. The first-order chi connectivity index (χ1) is 6.29. The Bertz CT molecular complexity index is 373. The van der Waals surface area contributed by atoms with E-state index in [9.17, 15) is 0 Å².